The maximum Gasteiger partial charge on any atom is 0.137 e. The van der Waals surface area contributed by atoms with Crippen molar-refractivity contribution in [3.05, 3.63) is 29.8 Å². The largest absolute Gasteiger partial charge is 0.492 e. The molecule has 4 heteroatoms. The molecule has 19 heavy (non-hydrogen) atoms. The molecule has 1 unspecified atom stereocenters. The van der Waals surface area contributed by atoms with Gasteiger partial charge >= 0.3 is 0 Å². The molecule has 1 atom stereocenters. The van der Waals surface area contributed by atoms with Crippen LogP contribution in [0.25, 0.3) is 0 Å². The summed E-state index contributed by atoms with van der Waals surface area (Å²) in [4.78, 5) is 0. The molecular weight excluding hydrogens is 258 g/mol. The van der Waals surface area contributed by atoms with Gasteiger partial charge in [0.25, 0.3) is 0 Å². The zero-order chi connectivity index (χ0) is 13.5. The van der Waals surface area contributed by atoms with E-state index in [2.05, 4.69) is 6.07 Å². The van der Waals surface area contributed by atoms with Crippen LogP contribution >= 0.6 is 0 Å². The summed E-state index contributed by atoms with van der Waals surface area (Å²) < 4.78 is 17.6. The smallest absolute Gasteiger partial charge is 0.137 e. The van der Waals surface area contributed by atoms with Crippen LogP contribution in [0, 0.1) is 11.3 Å². The maximum absolute atomic E-state index is 12.0. The van der Waals surface area contributed by atoms with Crippen LogP contribution in [0.4, 0.5) is 0 Å². The Bertz CT molecular complexity index is 475. The van der Waals surface area contributed by atoms with E-state index >= 15 is 0 Å². The third-order valence-electron chi connectivity index (χ3n) is 3.43. The highest BCUT2D eigenvalue weighted by molar-refractivity contribution is 7.85. The first-order valence-corrected chi connectivity index (χ1v) is 8.18. The molecule has 1 aliphatic rings. The van der Waals surface area contributed by atoms with Crippen molar-refractivity contribution in [2.75, 3.05) is 12.4 Å². The van der Waals surface area contributed by atoms with Gasteiger partial charge < -0.3 is 4.74 Å². The third kappa shape index (κ3) is 4.07. The Hall–Kier alpha value is -1.34. The van der Waals surface area contributed by atoms with Crippen LogP contribution in [0.1, 0.15) is 37.7 Å². The topological polar surface area (TPSA) is 50.1 Å². The van der Waals surface area contributed by atoms with Crippen LogP contribution in [0.2, 0.25) is 0 Å². The van der Waals surface area contributed by atoms with E-state index in [0.717, 1.165) is 19.3 Å². The van der Waals surface area contributed by atoms with Crippen LogP contribution in [0.5, 0.6) is 5.75 Å². The first-order valence-electron chi connectivity index (χ1n) is 6.80. The van der Waals surface area contributed by atoms with Gasteiger partial charge in [-0.05, 0) is 31.4 Å². The summed E-state index contributed by atoms with van der Waals surface area (Å²) in [7, 11) is -0.705. The average Bonchev–Trinajstić information content (AvgIpc) is 2.98. The molecule has 0 bridgehead atoms. The van der Waals surface area contributed by atoms with Gasteiger partial charge in [-0.15, -0.1) is 0 Å². The molecule has 1 aromatic rings. The molecule has 0 spiro atoms. The molecule has 0 saturated heterocycles. The Morgan fingerprint density at radius 2 is 2.05 bits per heavy atom. The minimum absolute atomic E-state index is 0.409. The number of nitriles is 1. The average molecular weight is 277 g/mol. The molecule has 0 aromatic heterocycles. The summed E-state index contributed by atoms with van der Waals surface area (Å²) >= 11 is 0. The highest BCUT2D eigenvalue weighted by Gasteiger charge is 2.20. The van der Waals surface area contributed by atoms with E-state index in [1.165, 1.54) is 12.8 Å². The minimum atomic E-state index is -0.705. The summed E-state index contributed by atoms with van der Waals surface area (Å²) in [6.07, 6.45) is 5.46. The fourth-order valence-electron chi connectivity index (χ4n) is 2.39. The Morgan fingerprint density at radius 3 is 2.79 bits per heavy atom. The predicted octanol–water partition coefficient (Wildman–Crippen LogP) is 3.02. The SMILES string of the molecule is N#Cc1ccccc1OCCCS(=O)C1CCCC1. The van der Waals surface area contributed by atoms with Crippen molar-refractivity contribution >= 4 is 10.8 Å². The number of nitrogens with zero attached hydrogens (tertiary/aromatic N) is 1. The van der Waals surface area contributed by atoms with Crippen LogP contribution < -0.4 is 4.74 Å². The van der Waals surface area contributed by atoms with E-state index in [0.29, 0.717) is 28.9 Å². The summed E-state index contributed by atoms with van der Waals surface area (Å²) in [5.74, 6) is 1.33. The van der Waals surface area contributed by atoms with Gasteiger partial charge in [0, 0.05) is 21.8 Å². The molecule has 102 valence electrons. The van der Waals surface area contributed by atoms with Crippen molar-refractivity contribution < 1.29 is 8.95 Å². The molecule has 0 aliphatic heterocycles. The molecule has 0 radical (unpaired) electrons. The zero-order valence-electron chi connectivity index (χ0n) is 11.0. The molecule has 1 aliphatic carbocycles. The van der Waals surface area contributed by atoms with Gasteiger partial charge in [-0.3, -0.25) is 4.21 Å². The number of benzene rings is 1. The number of para-hydroxylation sites is 1. The van der Waals surface area contributed by atoms with E-state index < -0.39 is 10.8 Å². The summed E-state index contributed by atoms with van der Waals surface area (Å²) in [6, 6.07) is 9.32. The second-order valence-electron chi connectivity index (χ2n) is 4.80. The number of rotatable bonds is 6. The second-order valence-corrected chi connectivity index (χ2v) is 6.64. The standard InChI is InChI=1S/C15H19NO2S/c16-12-13-6-1-4-9-15(13)18-10-5-11-19(17)14-7-2-3-8-14/h1,4,6,9,14H,2-3,5,7-8,10-11H2. The van der Waals surface area contributed by atoms with E-state index in [4.69, 9.17) is 10.00 Å². The zero-order valence-corrected chi connectivity index (χ0v) is 11.8. The van der Waals surface area contributed by atoms with Crippen molar-refractivity contribution in [1.82, 2.24) is 0 Å². The van der Waals surface area contributed by atoms with E-state index in [9.17, 15) is 4.21 Å². The van der Waals surface area contributed by atoms with Gasteiger partial charge in [-0.2, -0.15) is 5.26 Å². The lowest BCUT2D eigenvalue weighted by atomic mass is 10.2. The van der Waals surface area contributed by atoms with Gasteiger partial charge in [0.2, 0.25) is 0 Å². The molecule has 3 nitrogen and oxygen atoms in total. The Balaban J connectivity index is 1.72. The molecule has 0 heterocycles. The molecule has 2 rings (SSSR count). The van der Waals surface area contributed by atoms with Crippen LogP contribution in [-0.2, 0) is 10.8 Å². The predicted molar refractivity (Wildman–Crippen MR) is 76.5 cm³/mol. The lowest BCUT2D eigenvalue weighted by molar-refractivity contribution is 0.317. The number of ether oxygens (including phenoxy) is 1. The number of hydrogen-bond donors (Lipinski definition) is 0. The van der Waals surface area contributed by atoms with Gasteiger partial charge in [-0.1, -0.05) is 25.0 Å². The van der Waals surface area contributed by atoms with Crippen molar-refractivity contribution in [3.8, 4) is 11.8 Å². The number of hydrogen-bond acceptors (Lipinski definition) is 3. The van der Waals surface area contributed by atoms with Gasteiger partial charge in [-0.25, -0.2) is 0 Å². The first kappa shape index (κ1) is 14.1. The maximum atomic E-state index is 12.0. The van der Waals surface area contributed by atoms with E-state index in [-0.39, 0.29) is 0 Å². The molecule has 0 amide bonds. The van der Waals surface area contributed by atoms with Crippen molar-refractivity contribution in [3.63, 3.8) is 0 Å². The Morgan fingerprint density at radius 1 is 1.32 bits per heavy atom. The second kappa shape index (κ2) is 7.30. The fourth-order valence-corrected chi connectivity index (χ4v) is 3.98. The minimum Gasteiger partial charge on any atom is -0.492 e. The lowest BCUT2D eigenvalue weighted by Gasteiger charge is -2.10. The molecule has 0 N–H and O–H groups in total. The Labute approximate surface area is 117 Å². The molecular formula is C15H19NO2S. The van der Waals surface area contributed by atoms with Gasteiger partial charge in [0.15, 0.2) is 0 Å². The highest BCUT2D eigenvalue weighted by Crippen LogP contribution is 2.23. The normalized spacial score (nSPS) is 17.0. The van der Waals surface area contributed by atoms with Crippen LogP contribution in [-0.4, -0.2) is 21.8 Å². The quantitative estimate of drug-likeness (QED) is 0.751. The molecule has 1 saturated carbocycles. The first-order chi connectivity index (χ1) is 9.31. The summed E-state index contributed by atoms with van der Waals surface area (Å²) in [5, 5.41) is 9.34. The fraction of sp³-hybridized carbons (Fsp3) is 0.533. The van der Waals surface area contributed by atoms with Gasteiger partial charge in [0.05, 0.1) is 12.2 Å². The van der Waals surface area contributed by atoms with Crippen LogP contribution in [0.15, 0.2) is 24.3 Å². The monoisotopic (exact) mass is 277 g/mol. The van der Waals surface area contributed by atoms with E-state index in [1.807, 2.05) is 12.1 Å². The highest BCUT2D eigenvalue weighted by atomic mass is 32.2. The van der Waals surface area contributed by atoms with Crippen molar-refractivity contribution in [1.29, 1.82) is 5.26 Å². The van der Waals surface area contributed by atoms with Crippen LogP contribution in [0.3, 0.4) is 0 Å². The van der Waals surface area contributed by atoms with Crippen molar-refractivity contribution in [2.24, 2.45) is 0 Å². The lowest BCUT2D eigenvalue weighted by Crippen LogP contribution is -2.15. The third-order valence-corrected chi connectivity index (χ3v) is 5.33. The molecule has 1 fully saturated rings. The Kier molecular flexibility index (Phi) is 5.41. The van der Waals surface area contributed by atoms with Crippen molar-refractivity contribution in [2.45, 2.75) is 37.4 Å². The van der Waals surface area contributed by atoms with Gasteiger partial charge in [0.1, 0.15) is 11.8 Å². The summed E-state index contributed by atoms with van der Waals surface area (Å²) in [5.41, 5.74) is 0.555. The van der Waals surface area contributed by atoms with E-state index in [1.54, 1.807) is 12.1 Å². The summed E-state index contributed by atoms with van der Waals surface area (Å²) in [6.45, 7) is 0.525. The molecule has 1 aromatic carbocycles.